The van der Waals surface area contributed by atoms with E-state index in [2.05, 4.69) is 151 Å². The van der Waals surface area contributed by atoms with E-state index in [0.717, 1.165) is 0 Å². The van der Waals surface area contributed by atoms with Crippen molar-refractivity contribution in [2.45, 2.75) is 47.0 Å². The minimum absolute atomic E-state index is 0.128. The van der Waals surface area contributed by atoms with Gasteiger partial charge in [0.15, 0.2) is 0 Å². The minimum atomic E-state index is 0.128. The van der Waals surface area contributed by atoms with Crippen LogP contribution in [0, 0.1) is 20.8 Å². The molecule has 0 radical (unpaired) electrons. The van der Waals surface area contributed by atoms with Crippen LogP contribution in [0.3, 0.4) is 0 Å². The molecule has 0 saturated carbocycles. The summed E-state index contributed by atoms with van der Waals surface area (Å²) in [5.41, 5.74) is 10.5. The van der Waals surface area contributed by atoms with Crippen LogP contribution in [0.2, 0.25) is 0 Å². The second kappa shape index (κ2) is 9.54. The summed E-state index contributed by atoms with van der Waals surface area (Å²) in [7, 11) is 0. The van der Waals surface area contributed by atoms with Crippen LogP contribution in [0.5, 0.6) is 0 Å². The van der Waals surface area contributed by atoms with Crippen molar-refractivity contribution in [2.24, 2.45) is 0 Å². The van der Waals surface area contributed by atoms with E-state index >= 15 is 0 Å². The highest BCUT2D eigenvalue weighted by atomic mass is 14.2. The lowest BCUT2D eigenvalue weighted by atomic mass is 9.83. The van der Waals surface area contributed by atoms with E-state index < -0.39 is 0 Å². The standard InChI is InChI=1S/C39H36/c1-25-21-26(2)37(27(3)22-25)35(23-28-15-18-31(19-16-28)39(4,5)6)36-24-30-12-8-9-13-32(30)34-20-17-29-11-7-10-14-33(29)38(34)36/h7-24H,1-6H3/b35-23-. The summed E-state index contributed by atoms with van der Waals surface area (Å²) in [5, 5.41) is 7.77. The molecule has 0 saturated heterocycles. The quantitative estimate of drug-likeness (QED) is 0.166. The van der Waals surface area contributed by atoms with Crippen LogP contribution in [0.25, 0.3) is 44.0 Å². The van der Waals surface area contributed by atoms with Crippen molar-refractivity contribution in [1.29, 1.82) is 0 Å². The Morgan fingerprint density at radius 2 is 1.21 bits per heavy atom. The van der Waals surface area contributed by atoms with E-state index in [0.29, 0.717) is 0 Å². The molecule has 0 aliphatic carbocycles. The highest BCUT2D eigenvalue weighted by molar-refractivity contribution is 6.22. The lowest BCUT2D eigenvalue weighted by Gasteiger charge is -2.21. The van der Waals surface area contributed by atoms with Gasteiger partial charge in [-0.15, -0.1) is 0 Å². The summed E-state index contributed by atoms with van der Waals surface area (Å²) in [6, 6.07) is 38.4. The largest absolute Gasteiger partial charge is 0.0616 e. The topological polar surface area (TPSA) is 0 Å². The van der Waals surface area contributed by atoms with E-state index in [1.165, 1.54) is 76.8 Å². The molecule has 0 nitrogen and oxygen atoms in total. The first-order chi connectivity index (χ1) is 18.7. The number of fused-ring (bicyclic) bond motifs is 5. The Balaban J connectivity index is 1.75. The van der Waals surface area contributed by atoms with Gasteiger partial charge in [0.2, 0.25) is 0 Å². The van der Waals surface area contributed by atoms with Gasteiger partial charge in [-0.3, -0.25) is 0 Å². The van der Waals surface area contributed by atoms with Gasteiger partial charge in [0.25, 0.3) is 0 Å². The van der Waals surface area contributed by atoms with Crippen LogP contribution in [0.15, 0.2) is 103 Å². The van der Waals surface area contributed by atoms with Crippen molar-refractivity contribution < 1.29 is 0 Å². The Kier molecular flexibility index (Phi) is 6.15. The smallest absolute Gasteiger partial charge is 0.00201 e. The zero-order chi connectivity index (χ0) is 27.3. The van der Waals surface area contributed by atoms with E-state index in [-0.39, 0.29) is 5.41 Å². The van der Waals surface area contributed by atoms with Gasteiger partial charge in [0, 0.05) is 0 Å². The van der Waals surface area contributed by atoms with E-state index in [4.69, 9.17) is 0 Å². The molecule has 0 aromatic heterocycles. The molecule has 6 aromatic carbocycles. The molecule has 0 heteroatoms. The number of benzene rings is 6. The first-order valence-corrected chi connectivity index (χ1v) is 13.9. The lowest BCUT2D eigenvalue weighted by Crippen LogP contribution is -2.10. The van der Waals surface area contributed by atoms with Gasteiger partial charge >= 0.3 is 0 Å². The van der Waals surface area contributed by atoms with E-state index in [9.17, 15) is 0 Å². The predicted molar refractivity (Wildman–Crippen MR) is 172 cm³/mol. The van der Waals surface area contributed by atoms with E-state index in [1.807, 2.05) is 0 Å². The van der Waals surface area contributed by atoms with Crippen molar-refractivity contribution in [3.63, 3.8) is 0 Å². The van der Waals surface area contributed by atoms with Gasteiger partial charge < -0.3 is 0 Å². The molecule has 0 spiro atoms. The normalized spacial score (nSPS) is 12.5. The third-order valence-corrected chi connectivity index (χ3v) is 8.07. The number of aryl methyl sites for hydroxylation is 3. The molecule has 0 unspecified atom stereocenters. The Morgan fingerprint density at radius 1 is 0.590 bits per heavy atom. The van der Waals surface area contributed by atoms with Crippen LogP contribution in [0.1, 0.15) is 59.7 Å². The van der Waals surface area contributed by atoms with Crippen LogP contribution in [0.4, 0.5) is 0 Å². The van der Waals surface area contributed by atoms with Gasteiger partial charge in [-0.05, 0) is 110 Å². The molecule has 0 N–H and O–H groups in total. The fourth-order valence-corrected chi connectivity index (χ4v) is 6.23. The van der Waals surface area contributed by atoms with Crippen LogP contribution >= 0.6 is 0 Å². The van der Waals surface area contributed by atoms with Gasteiger partial charge in [0.1, 0.15) is 0 Å². The zero-order valence-corrected chi connectivity index (χ0v) is 23.9. The average Bonchev–Trinajstić information content (AvgIpc) is 2.91. The SMILES string of the molecule is Cc1cc(C)c(/C(=C\c2ccc(C(C)(C)C)cc2)c2cc3ccccc3c3ccc4ccccc4c23)c(C)c1. The first-order valence-electron chi connectivity index (χ1n) is 13.9. The number of hydrogen-bond donors (Lipinski definition) is 0. The maximum Gasteiger partial charge on any atom is -0.00201 e. The molecule has 39 heavy (non-hydrogen) atoms. The summed E-state index contributed by atoms with van der Waals surface area (Å²) in [6.07, 6.45) is 2.41. The molecule has 0 amide bonds. The molecule has 0 heterocycles. The van der Waals surface area contributed by atoms with E-state index in [1.54, 1.807) is 0 Å². The fourth-order valence-electron chi connectivity index (χ4n) is 6.23. The number of rotatable bonds is 3. The lowest BCUT2D eigenvalue weighted by molar-refractivity contribution is 0.590. The molecule has 0 bridgehead atoms. The second-order valence-corrected chi connectivity index (χ2v) is 12.1. The molecule has 0 aliphatic rings. The maximum atomic E-state index is 2.41. The van der Waals surface area contributed by atoms with Crippen molar-refractivity contribution in [3.8, 4) is 0 Å². The molecule has 0 aliphatic heterocycles. The number of hydrogen-bond acceptors (Lipinski definition) is 0. The van der Waals surface area contributed by atoms with Crippen molar-refractivity contribution >= 4 is 44.0 Å². The Morgan fingerprint density at radius 3 is 1.87 bits per heavy atom. The molecule has 192 valence electrons. The highest BCUT2D eigenvalue weighted by Crippen LogP contribution is 2.41. The summed E-state index contributed by atoms with van der Waals surface area (Å²) in [5.74, 6) is 0. The fraction of sp³-hybridized carbons (Fsp3) is 0.179. The maximum absolute atomic E-state index is 2.41. The summed E-state index contributed by atoms with van der Waals surface area (Å²) < 4.78 is 0. The Labute approximate surface area is 232 Å². The molecular formula is C39H36. The molecular weight excluding hydrogens is 468 g/mol. The summed E-state index contributed by atoms with van der Waals surface area (Å²) >= 11 is 0. The second-order valence-electron chi connectivity index (χ2n) is 12.1. The minimum Gasteiger partial charge on any atom is -0.0616 e. The van der Waals surface area contributed by atoms with Crippen LogP contribution < -0.4 is 0 Å². The Bertz CT molecular complexity index is 1870. The van der Waals surface area contributed by atoms with Crippen molar-refractivity contribution in [3.05, 3.63) is 142 Å². The van der Waals surface area contributed by atoms with Gasteiger partial charge in [-0.2, -0.15) is 0 Å². The Hall–Kier alpha value is -4.16. The van der Waals surface area contributed by atoms with Crippen LogP contribution in [-0.2, 0) is 5.41 Å². The van der Waals surface area contributed by atoms with Gasteiger partial charge in [0.05, 0.1) is 0 Å². The van der Waals surface area contributed by atoms with Crippen LogP contribution in [-0.4, -0.2) is 0 Å². The predicted octanol–water partition coefficient (Wildman–Crippen LogP) is 11.0. The molecule has 0 atom stereocenters. The summed E-state index contributed by atoms with van der Waals surface area (Å²) in [4.78, 5) is 0. The molecule has 6 rings (SSSR count). The summed E-state index contributed by atoms with van der Waals surface area (Å²) in [6.45, 7) is 13.5. The highest BCUT2D eigenvalue weighted by Gasteiger charge is 2.19. The first kappa shape index (κ1) is 25.1. The third-order valence-electron chi connectivity index (χ3n) is 8.07. The zero-order valence-electron chi connectivity index (χ0n) is 23.9. The molecule has 6 aromatic rings. The van der Waals surface area contributed by atoms with Crippen molar-refractivity contribution in [1.82, 2.24) is 0 Å². The molecule has 0 fully saturated rings. The third kappa shape index (κ3) is 4.55. The average molecular weight is 505 g/mol. The van der Waals surface area contributed by atoms with Gasteiger partial charge in [-0.25, -0.2) is 0 Å². The van der Waals surface area contributed by atoms with Crippen molar-refractivity contribution in [2.75, 3.05) is 0 Å². The monoisotopic (exact) mass is 504 g/mol. The van der Waals surface area contributed by atoms with Gasteiger partial charge in [-0.1, -0.05) is 123 Å².